The zero-order chi connectivity index (χ0) is 7.28. The van der Waals surface area contributed by atoms with Crippen LogP contribution in [0.25, 0.3) is 0 Å². The molecular formula is C6H13NOS. The van der Waals surface area contributed by atoms with E-state index in [0.717, 1.165) is 12.2 Å². The molecule has 1 atom stereocenters. The van der Waals surface area contributed by atoms with Crippen molar-refractivity contribution in [2.24, 2.45) is 5.73 Å². The highest BCUT2D eigenvalue weighted by molar-refractivity contribution is 7.98. The second-order valence-corrected chi connectivity index (χ2v) is 2.98. The summed E-state index contributed by atoms with van der Waals surface area (Å²) in [4.78, 5) is 10.5. The van der Waals surface area contributed by atoms with E-state index in [1.165, 1.54) is 6.92 Å². The molecule has 0 heterocycles. The maximum absolute atomic E-state index is 10.5. The Morgan fingerprint density at radius 2 is 2.33 bits per heavy atom. The number of nitrogens with two attached hydrogens (primary N) is 1. The SMILES string of the molecule is CSCC[C@H](N)C(C)=O. The van der Waals surface area contributed by atoms with E-state index in [-0.39, 0.29) is 11.8 Å². The zero-order valence-corrected chi connectivity index (χ0v) is 6.70. The quantitative estimate of drug-likeness (QED) is 0.635. The van der Waals surface area contributed by atoms with E-state index >= 15 is 0 Å². The Bertz CT molecular complexity index is 95.1. The molecule has 0 aromatic heterocycles. The zero-order valence-electron chi connectivity index (χ0n) is 5.89. The monoisotopic (exact) mass is 147 g/mol. The Hall–Kier alpha value is -0.0200. The summed E-state index contributed by atoms with van der Waals surface area (Å²) < 4.78 is 0. The van der Waals surface area contributed by atoms with E-state index in [9.17, 15) is 4.79 Å². The second-order valence-electron chi connectivity index (χ2n) is 2.00. The Balaban J connectivity index is 3.27. The molecule has 0 aromatic rings. The lowest BCUT2D eigenvalue weighted by atomic mass is 10.2. The van der Waals surface area contributed by atoms with Crippen molar-refractivity contribution in [3.05, 3.63) is 0 Å². The van der Waals surface area contributed by atoms with Gasteiger partial charge in [-0.05, 0) is 25.4 Å². The number of carbonyl (C=O) groups is 1. The molecule has 3 heteroatoms. The van der Waals surface area contributed by atoms with Gasteiger partial charge in [-0.3, -0.25) is 4.79 Å². The molecule has 0 amide bonds. The molecule has 2 N–H and O–H groups in total. The third-order valence-electron chi connectivity index (χ3n) is 1.16. The molecule has 0 aliphatic carbocycles. The van der Waals surface area contributed by atoms with Crippen molar-refractivity contribution in [3.8, 4) is 0 Å². The molecule has 0 spiro atoms. The van der Waals surface area contributed by atoms with E-state index in [1.54, 1.807) is 11.8 Å². The Labute approximate surface area is 60.2 Å². The number of hydrogen-bond acceptors (Lipinski definition) is 3. The number of ketones is 1. The summed E-state index contributed by atoms with van der Waals surface area (Å²) in [5, 5.41) is 0. The van der Waals surface area contributed by atoms with Gasteiger partial charge in [0, 0.05) is 0 Å². The van der Waals surface area contributed by atoms with Crippen LogP contribution >= 0.6 is 11.8 Å². The number of rotatable bonds is 4. The average molecular weight is 147 g/mol. The maximum Gasteiger partial charge on any atom is 0.146 e. The summed E-state index contributed by atoms with van der Waals surface area (Å²) in [5.74, 6) is 1.06. The van der Waals surface area contributed by atoms with E-state index in [2.05, 4.69) is 0 Å². The first-order valence-corrected chi connectivity index (χ1v) is 4.33. The van der Waals surface area contributed by atoms with Crippen LogP contribution in [0.15, 0.2) is 0 Å². The van der Waals surface area contributed by atoms with Crippen LogP contribution in [-0.4, -0.2) is 23.8 Å². The predicted octanol–water partition coefficient (Wildman–Crippen LogP) is 0.656. The van der Waals surface area contributed by atoms with Crippen LogP contribution in [0.3, 0.4) is 0 Å². The van der Waals surface area contributed by atoms with Crippen molar-refractivity contribution in [2.75, 3.05) is 12.0 Å². The normalized spacial score (nSPS) is 13.2. The molecule has 0 saturated heterocycles. The number of thioether (sulfide) groups is 1. The molecule has 0 aliphatic heterocycles. The first kappa shape index (κ1) is 8.98. The maximum atomic E-state index is 10.5. The van der Waals surface area contributed by atoms with E-state index in [4.69, 9.17) is 5.73 Å². The molecule has 0 aliphatic rings. The fraction of sp³-hybridized carbons (Fsp3) is 0.833. The highest BCUT2D eigenvalue weighted by atomic mass is 32.2. The second kappa shape index (κ2) is 4.82. The highest BCUT2D eigenvalue weighted by Gasteiger charge is 2.05. The van der Waals surface area contributed by atoms with E-state index in [0.29, 0.717) is 0 Å². The number of hydrogen-bond donors (Lipinski definition) is 1. The third kappa shape index (κ3) is 4.48. The van der Waals surface area contributed by atoms with Crippen molar-refractivity contribution in [1.29, 1.82) is 0 Å². The van der Waals surface area contributed by atoms with Gasteiger partial charge in [0.25, 0.3) is 0 Å². The molecule has 54 valence electrons. The van der Waals surface area contributed by atoms with Gasteiger partial charge in [-0.1, -0.05) is 0 Å². The average Bonchev–Trinajstić information content (AvgIpc) is 1.82. The van der Waals surface area contributed by atoms with Crippen LogP contribution in [0, 0.1) is 0 Å². The largest absolute Gasteiger partial charge is 0.321 e. The summed E-state index contributed by atoms with van der Waals surface area (Å²) in [6.45, 7) is 1.53. The molecule has 0 unspecified atom stereocenters. The van der Waals surface area contributed by atoms with Crippen molar-refractivity contribution in [3.63, 3.8) is 0 Å². The van der Waals surface area contributed by atoms with Gasteiger partial charge in [-0.2, -0.15) is 11.8 Å². The van der Waals surface area contributed by atoms with Gasteiger partial charge in [0.2, 0.25) is 0 Å². The van der Waals surface area contributed by atoms with Gasteiger partial charge < -0.3 is 5.73 Å². The van der Waals surface area contributed by atoms with Crippen LogP contribution in [0.5, 0.6) is 0 Å². The van der Waals surface area contributed by atoms with Gasteiger partial charge in [0.05, 0.1) is 6.04 Å². The third-order valence-corrected chi connectivity index (χ3v) is 1.80. The summed E-state index contributed by atoms with van der Waals surface area (Å²) in [7, 11) is 0. The summed E-state index contributed by atoms with van der Waals surface area (Å²) in [5.41, 5.74) is 5.44. The topological polar surface area (TPSA) is 43.1 Å². The first-order chi connectivity index (χ1) is 4.18. The van der Waals surface area contributed by atoms with Crippen LogP contribution in [0.2, 0.25) is 0 Å². The van der Waals surface area contributed by atoms with Crippen molar-refractivity contribution in [1.82, 2.24) is 0 Å². The van der Waals surface area contributed by atoms with Gasteiger partial charge in [-0.15, -0.1) is 0 Å². The van der Waals surface area contributed by atoms with Crippen LogP contribution < -0.4 is 5.73 Å². The standard InChI is InChI=1S/C6H13NOS/c1-5(8)6(7)3-4-9-2/h6H,3-4,7H2,1-2H3/t6-/m0/s1. The molecule has 0 fully saturated rings. The summed E-state index contributed by atoms with van der Waals surface area (Å²) >= 11 is 1.72. The van der Waals surface area contributed by atoms with Crippen LogP contribution in [0.4, 0.5) is 0 Å². The minimum atomic E-state index is -0.238. The molecule has 0 saturated carbocycles. The molecular weight excluding hydrogens is 134 g/mol. The number of carbonyl (C=O) groups excluding carboxylic acids is 1. The fourth-order valence-electron chi connectivity index (χ4n) is 0.448. The highest BCUT2D eigenvalue weighted by Crippen LogP contribution is 1.98. The predicted molar refractivity (Wildman–Crippen MR) is 41.7 cm³/mol. The summed E-state index contributed by atoms with van der Waals surface area (Å²) in [6.07, 6.45) is 2.81. The van der Waals surface area contributed by atoms with Crippen LogP contribution in [0.1, 0.15) is 13.3 Å². The lowest BCUT2D eigenvalue weighted by Crippen LogP contribution is -2.28. The van der Waals surface area contributed by atoms with Crippen molar-refractivity contribution in [2.45, 2.75) is 19.4 Å². The first-order valence-electron chi connectivity index (χ1n) is 2.93. The van der Waals surface area contributed by atoms with Gasteiger partial charge in [0.15, 0.2) is 0 Å². The van der Waals surface area contributed by atoms with Gasteiger partial charge in [0.1, 0.15) is 5.78 Å². The molecule has 9 heavy (non-hydrogen) atoms. The Kier molecular flexibility index (Phi) is 4.81. The lowest BCUT2D eigenvalue weighted by molar-refractivity contribution is -0.118. The van der Waals surface area contributed by atoms with Crippen LogP contribution in [-0.2, 0) is 4.79 Å². The molecule has 0 radical (unpaired) electrons. The van der Waals surface area contributed by atoms with Crippen molar-refractivity contribution < 1.29 is 4.79 Å². The smallest absolute Gasteiger partial charge is 0.146 e. The van der Waals surface area contributed by atoms with Gasteiger partial charge in [-0.25, -0.2) is 0 Å². The molecule has 2 nitrogen and oxygen atoms in total. The fourth-order valence-corrected chi connectivity index (χ4v) is 0.938. The van der Waals surface area contributed by atoms with E-state index < -0.39 is 0 Å². The minimum Gasteiger partial charge on any atom is -0.321 e. The molecule has 0 aromatic carbocycles. The lowest BCUT2D eigenvalue weighted by Gasteiger charge is -2.03. The molecule has 0 rings (SSSR count). The van der Waals surface area contributed by atoms with Crippen molar-refractivity contribution >= 4 is 17.5 Å². The van der Waals surface area contributed by atoms with Gasteiger partial charge >= 0.3 is 0 Å². The van der Waals surface area contributed by atoms with E-state index in [1.807, 2.05) is 6.26 Å². The summed E-state index contributed by atoms with van der Waals surface area (Å²) in [6, 6.07) is -0.238. The molecule has 0 bridgehead atoms. The number of Topliss-reactive ketones (excluding diaryl/α,β-unsaturated/α-hetero) is 1. The minimum absolute atomic E-state index is 0.0871. The Morgan fingerprint density at radius 1 is 1.78 bits per heavy atom. The Morgan fingerprint density at radius 3 is 2.67 bits per heavy atom.